The summed E-state index contributed by atoms with van der Waals surface area (Å²) in [5, 5.41) is 6.63. The Morgan fingerprint density at radius 3 is 1.74 bits per heavy atom. The number of hydrogen-bond donors (Lipinski definition) is 0. The first-order valence-corrected chi connectivity index (χ1v) is 15.5. The molecule has 46 heavy (non-hydrogen) atoms. The van der Waals surface area contributed by atoms with Crippen molar-refractivity contribution >= 4 is 77.8 Å². The molecule has 0 N–H and O–H groups in total. The van der Waals surface area contributed by atoms with Crippen molar-refractivity contribution in [1.82, 2.24) is 0 Å². The highest BCUT2D eigenvalue weighted by Gasteiger charge is 2.23. The third-order valence-corrected chi connectivity index (χ3v) is 9.15. The Balaban J connectivity index is 1.35. The van der Waals surface area contributed by atoms with Crippen LogP contribution in [-0.4, -0.2) is 0 Å². The third-order valence-electron chi connectivity index (χ3n) is 9.15. The van der Waals surface area contributed by atoms with E-state index in [1.165, 1.54) is 22.1 Å². The summed E-state index contributed by atoms with van der Waals surface area (Å²) < 4.78 is 12.7. The van der Waals surface area contributed by atoms with Gasteiger partial charge in [0.25, 0.3) is 0 Å². The zero-order valence-corrected chi connectivity index (χ0v) is 25.3. The van der Waals surface area contributed by atoms with E-state index >= 15 is 0 Å². The van der Waals surface area contributed by atoms with Crippen LogP contribution in [0.1, 0.15) is 11.1 Å². The lowest BCUT2D eigenvalue weighted by atomic mass is 9.92. The number of aryl methyl sites for hydroxylation is 1. The maximum atomic E-state index is 6.37. The van der Waals surface area contributed by atoms with Crippen molar-refractivity contribution in [3.63, 3.8) is 0 Å². The number of benzene rings is 7. The van der Waals surface area contributed by atoms with E-state index in [0.717, 1.165) is 71.9 Å². The molecule has 9 rings (SSSR count). The van der Waals surface area contributed by atoms with E-state index in [9.17, 15) is 0 Å². The van der Waals surface area contributed by atoms with E-state index in [1.54, 1.807) is 0 Å². The summed E-state index contributed by atoms with van der Waals surface area (Å²) in [6.07, 6.45) is 1.96. The molecule has 0 aliphatic carbocycles. The number of rotatable bonds is 5. The minimum Gasteiger partial charge on any atom is -0.456 e. The van der Waals surface area contributed by atoms with Gasteiger partial charge in [0, 0.05) is 16.5 Å². The summed E-state index contributed by atoms with van der Waals surface area (Å²) in [5.41, 5.74) is 11.3. The van der Waals surface area contributed by atoms with Gasteiger partial charge in [-0.2, -0.15) is 0 Å². The second-order valence-electron chi connectivity index (χ2n) is 11.8. The topological polar surface area (TPSA) is 29.5 Å². The summed E-state index contributed by atoms with van der Waals surface area (Å²) in [6, 6.07) is 49.0. The molecule has 3 heteroatoms. The van der Waals surface area contributed by atoms with Crippen LogP contribution in [0.15, 0.2) is 155 Å². The van der Waals surface area contributed by atoms with Gasteiger partial charge in [-0.25, -0.2) is 0 Å². The monoisotopic (exact) mass is 591 g/mol. The van der Waals surface area contributed by atoms with Crippen LogP contribution in [0.5, 0.6) is 0 Å². The van der Waals surface area contributed by atoms with Gasteiger partial charge in [0.2, 0.25) is 0 Å². The molecule has 3 nitrogen and oxygen atoms in total. The summed E-state index contributed by atoms with van der Waals surface area (Å²) in [7, 11) is 0. The highest BCUT2D eigenvalue weighted by atomic mass is 16.3. The van der Waals surface area contributed by atoms with Crippen LogP contribution in [-0.2, 0) is 0 Å². The van der Waals surface area contributed by atoms with Crippen LogP contribution >= 0.6 is 0 Å². The Bertz CT molecular complexity index is 2520. The lowest BCUT2D eigenvalue weighted by molar-refractivity contribution is 0.668. The average Bonchev–Trinajstić information content (AvgIpc) is 3.67. The summed E-state index contributed by atoms with van der Waals surface area (Å²) in [5.74, 6) is 0. The maximum Gasteiger partial charge on any atom is 0.137 e. The summed E-state index contributed by atoms with van der Waals surface area (Å²) >= 11 is 0. The highest BCUT2D eigenvalue weighted by Crippen LogP contribution is 2.47. The molecule has 9 aromatic rings. The molecule has 0 bridgehead atoms. The van der Waals surface area contributed by atoms with E-state index in [0.29, 0.717) is 0 Å². The molecule has 0 aliphatic rings. The van der Waals surface area contributed by atoms with Crippen molar-refractivity contribution in [2.45, 2.75) is 6.92 Å². The molecule has 0 aliphatic heterocycles. The van der Waals surface area contributed by atoms with Gasteiger partial charge in [-0.1, -0.05) is 91.5 Å². The van der Waals surface area contributed by atoms with Crippen molar-refractivity contribution in [3.05, 3.63) is 157 Å². The molecule has 0 unspecified atom stereocenters. The van der Waals surface area contributed by atoms with Gasteiger partial charge in [-0.05, 0) is 101 Å². The van der Waals surface area contributed by atoms with Crippen molar-refractivity contribution in [1.29, 1.82) is 0 Å². The average molecular weight is 592 g/mol. The Morgan fingerprint density at radius 1 is 0.522 bits per heavy atom. The number of para-hydroxylation sites is 2. The SMILES string of the molecule is C=Cc1cc2cc(N(c3cccc4oc5ccccc5c34)c3cccc4oc5ccccc5c34)ccc2cc1-c1ccccc1C. The van der Waals surface area contributed by atoms with Crippen molar-refractivity contribution < 1.29 is 8.83 Å². The van der Waals surface area contributed by atoms with Gasteiger partial charge in [0.1, 0.15) is 22.3 Å². The number of furan rings is 2. The summed E-state index contributed by atoms with van der Waals surface area (Å²) in [4.78, 5) is 2.36. The molecular formula is C43H29NO2. The Hall–Kier alpha value is -6.06. The highest BCUT2D eigenvalue weighted by molar-refractivity contribution is 6.18. The number of anilines is 3. The van der Waals surface area contributed by atoms with Gasteiger partial charge >= 0.3 is 0 Å². The summed E-state index contributed by atoms with van der Waals surface area (Å²) in [6.45, 7) is 6.35. The molecule has 0 saturated carbocycles. The first-order valence-electron chi connectivity index (χ1n) is 15.5. The lowest BCUT2D eigenvalue weighted by Crippen LogP contribution is -2.10. The van der Waals surface area contributed by atoms with Crippen LogP contribution in [0.4, 0.5) is 17.1 Å². The predicted octanol–water partition coefficient (Wildman–Crippen LogP) is 12.7. The molecular weight excluding hydrogens is 562 g/mol. The van der Waals surface area contributed by atoms with Gasteiger partial charge < -0.3 is 13.7 Å². The maximum absolute atomic E-state index is 6.37. The Kier molecular flexibility index (Phi) is 5.87. The molecule has 0 radical (unpaired) electrons. The molecule has 0 amide bonds. The van der Waals surface area contributed by atoms with E-state index < -0.39 is 0 Å². The van der Waals surface area contributed by atoms with E-state index in [4.69, 9.17) is 8.83 Å². The molecule has 218 valence electrons. The fraction of sp³-hybridized carbons (Fsp3) is 0.0233. The Morgan fingerprint density at radius 2 is 1.11 bits per heavy atom. The molecule has 0 spiro atoms. The minimum absolute atomic E-state index is 0.852. The quantitative estimate of drug-likeness (QED) is 0.199. The first kappa shape index (κ1) is 26.4. The second kappa shape index (κ2) is 10.3. The van der Waals surface area contributed by atoms with E-state index in [1.807, 2.05) is 30.3 Å². The number of fused-ring (bicyclic) bond motifs is 7. The molecule has 2 heterocycles. The van der Waals surface area contributed by atoms with Gasteiger partial charge in [-0.15, -0.1) is 0 Å². The minimum atomic E-state index is 0.852. The van der Waals surface area contributed by atoms with Crippen LogP contribution in [0, 0.1) is 6.92 Å². The van der Waals surface area contributed by atoms with E-state index in [-0.39, 0.29) is 0 Å². The largest absolute Gasteiger partial charge is 0.456 e. The van der Waals surface area contributed by atoms with Gasteiger partial charge in [0.05, 0.1) is 22.1 Å². The Labute approximate surface area is 266 Å². The number of nitrogens with zero attached hydrogens (tertiary/aromatic N) is 1. The number of hydrogen-bond acceptors (Lipinski definition) is 3. The molecule has 7 aromatic carbocycles. The van der Waals surface area contributed by atoms with Gasteiger partial charge in [-0.3, -0.25) is 0 Å². The lowest BCUT2D eigenvalue weighted by Gasteiger charge is -2.27. The fourth-order valence-electron chi connectivity index (χ4n) is 7.01. The van der Waals surface area contributed by atoms with Crippen LogP contribution in [0.2, 0.25) is 0 Å². The molecule has 0 saturated heterocycles. The van der Waals surface area contributed by atoms with Crippen molar-refractivity contribution in [3.8, 4) is 11.1 Å². The van der Waals surface area contributed by atoms with Crippen LogP contribution in [0.3, 0.4) is 0 Å². The zero-order valence-electron chi connectivity index (χ0n) is 25.3. The molecule has 0 fully saturated rings. The molecule has 0 atom stereocenters. The first-order chi connectivity index (χ1) is 22.7. The molecule has 2 aromatic heterocycles. The fourth-order valence-corrected chi connectivity index (χ4v) is 7.01. The standard InChI is InChI=1S/C43H29NO2/c1-3-28-24-30-25-31(23-22-29(30)26-35(28)32-13-5-4-12-27(32)2)44(36-16-10-20-40-42(36)33-14-6-8-18-38(33)45-40)37-17-11-21-41-43(37)34-15-7-9-19-39(34)46-41/h3-26H,1H2,2H3. The second-order valence-corrected chi connectivity index (χ2v) is 11.8. The van der Waals surface area contributed by atoms with Gasteiger partial charge in [0.15, 0.2) is 0 Å². The van der Waals surface area contributed by atoms with Crippen LogP contribution in [0.25, 0.3) is 71.9 Å². The van der Waals surface area contributed by atoms with Crippen molar-refractivity contribution in [2.75, 3.05) is 4.90 Å². The normalized spacial score (nSPS) is 11.7. The predicted molar refractivity (Wildman–Crippen MR) is 193 cm³/mol. The van der Waals surface area contributed by atoms with E-state index in [2.05, 4.69) is 134 Å². The van der Waals surface area contributed by atoms with Crippen LogP contribution < -0.4 is 4.90 Å². The third kappa shape index (κ3) is 3.99. The zero-order chi connectivity index (χ0) is 30.8. The van der Waals surface area contributed by atoms with Crippen molar-refractivity contribution in [2.24, 2.45) is 0 Å². The smallest absolute Gasteiger partial charge is 0.137 e.